The third-order valence-corrected chi connectivity index (χ3v) is 1.04. The van der Waals surface area contributed by atoms with Crippen LogP contribution >= 0.6 is 0 Å². The smallest absolute Gasteiger partial charge is 0.244 e. The summed E-state index contributed by atoms with van der Waals surface area (Å²) >= 11 is 0. The topological polar surface area (TPSA) is 0 Å². The summed E-state index contributed by atoms with van der Waals surface area (Å²) in [5.74, 6) is -9.42. The van der Waals surface area contributed by atoms with Gasteiger partial charge in [0, 0.05) is 0 Å². The zero-order valence-electron chi connectivity index (χ0n) is 5.26. The van der Waals surface area contributed by atoms with Gasteiger partial charge in [-0.05, 0) is 0 Å². The van der Waals surface area contributed by atoms with Crippen molar-refractivity contribution in [3.8, 4) is 0 Å². The lowest BCUT2D eigenvalue weighted by molar-refractivity contribution is -0.216. The van der Waals surface area contributed by atoms with E-state index in [1.54, 1.807) is 0 Å². The van der Waals surface area contributed by atoms with Gasteiger partial charge in [-0.1, -0.05) is 0 Å². The minimum absolute atomic E-state index is 0.621. The first-order valence-electron chi connectivity index (χ1n) is 2.61. The fourth-order valence-corrected chi connectivity index (χ4v) is 0.344. The summed E-state index contributed by atoms with van der Waals surface area (Å²) in [5, 5.41) is 0. The highest BCUT2D eigenvalue weighted by atomic mass is 19.3. The molecular formula is C5H5F6. The Morgan fingerprint density at radius 1 is 1.00 bits per heavy atom. The van der Waals surface area contributed by atoms with Crippen LogP contribution in [-0.4, -0.2) is 18.5 Å². The zero-order chi connectivity index (χ0) is 9.12. The number of alkyl halides is 5. The maximum absolute atomic E-state index is 11.9. The Bertz CT molecular complexity index is 120. The summed E-state index contributed by atoms with van der Waals surface area (Å²) in [7, 11) is 0. The first-order valence-corrected chi connectivity index (χ1v) is 2.61. The summed E-state index contributed by atoms with van der Waals surface area (Å²) in [6.07, 6.45) is -1.77. The second-order valence-electron chi connectivity index (χ2n) is 1.90. The molecule has 0 aromatic carbocycles. The molecule has 67 valence electrons. The highest BCUT2D eigenvalue weighted by molar-refractivity contribution is 4.86. The summed E-state index contributed by atoms with van der Waals surface area (Å²) < 4.78 is 69.8. The molecule has 0 saturated carbocycles. The van der Waals surface area contributed by atoms with Crippen molar-refractivity contribution < 1.29 is 26.3 Å². The average Bonchev–Trinajstić information content (AvgIpc) is 1.87. The molecule has 11 heavy (non-hydrogen) atoms. The van der Waals surface area contributed by atoms with Gasteiger partial charge in [-0.2, -0.15) is 17.6 Å². The Morgan fingerprint density at radius 2 is 1.45 bits per heavy atom. The Labute approximate surface area is 59.2 Å². The van der Waals surface area contributed by atoms with E-state index in [1.807, 2.05) is 0 Å². The first kappa shape index (κ1) is 10.6. The zero-order valence-corrected chi connectivity index (χ0v) is 5.26. The van der Waals surface area contributed by atoms with E-state index in [0.717, 1.165) is 0 Å². The average molecular weight is 179 g/mol. The molecule has 0 saturated heterocycles. The SMILES string of the molecule is F[CH]CC(F)(F)C(F)(F)CF. The number of rotatable bonds is 4. The molecule has 0 aliphatic rings. The largest absolute Gasteiger partial charge is 0.337 e. The molecule has 0 aromatic heterocycles. The highest BCUT2D eigenvalue weighted by Crippen LogP contribution is 2.37. The van der Waals surface area contributed by atoms with Crippen molar-refractivity contribution in [2.75, 3.05) is 6.67 Å². The monoisotopic (exact) mass is 179 g/mol. The minimum Gasteiger partial charge on any atom is -0.244 e. The molecule has 0 amide bonds. The Hall–Kier alpha value is -0.420. The number of hydrogen-bond acceptors (Lipinski definition) is 0. The molecular weight excluding hydrogens is 174 g/mol. The Balaban J connectivity index is 4.26. The summed E-state index contributed by atoms with van der Waals surface area (Å²) in [6, 6.07) is 0. The highest BCUT2D eigenvalue weighted by Gasteiger charge is 2.55. The van der Waals surface area contributed by atoms with Crippen molar-refractivity contribution in [1.82, 2.24) is 0 Å². The van der Waals surface area contributed by atoms with Gasteiger partial charge >= 0.3 is 11.8 Å². The molecule has 0 unspecified atom stereocenters. The molecule has 0 aliphatic heterocycles. The van der Waals surface area contributed by atoms with Crippen LogP contribution in [-0.2, 0) is 0 Å². The second-order valence-corrected chi connectivity index (χ2v) is 1.90. The normalized spacial score (nSPS) is 13.6. The van der Waals surface area contributed by atoms with E-state index >= 15 is 0 Å². The molecule has 6 heteroatoms. The molecule has 0 N–H and O–H groups in total. The maximum atomic E-state index is 11.9. The summed E-state index contributed by atoms with van der Waals surface area (Å²) in [4.78, 5) is 0. The van der Waals surface area contributed by atoms with Crippen LogP contribution in [0.15, 0.2) is 0 Å². The van der Waals surface area contributed by atoms with E-state index in [9.17, 15) is 26.3 Å². The van der Waals surface area contributed by atoms with Gasteiger partial charge in [0.2, 0.25) is 0 Å². The number of halogens is 6. The van der Waals surface area contributed by atoms with Crippen LogP contribution < -0.4 is 0 Å². The van der Waals surface area contributed by atoms with E-state index in [1.165, 1.54) is 0 Å². The van der Waals surface area contributed by atoms with Crippen molar-refractivity contribution in [3.63, 3.8) is 0 Å². The molecule has 0 aromatic rings. The first-order chi connectivity index (χ1) is 4.87. The molecule has 0 spiro atoms. The molecule has 0 nitrogen and oxygen atoms in total. The van der Waals surface area contributed by atoms with Crippen molar-refractivity contribution in [1.29, 1.82) is 0 Å². The standard InChI is InChI=1S/C5H5F6/c6-2-1-4(8,9)5(10,11)3-7/h2H,1,3H2. The van der Waals surface area contributed by atoms with Crippen LogP contribution in [0.25, 0.3) is 0 Å². The van der Waals surface area contributed by atoms with Crippen molar-refractivity contribution in [2.24, 2.45) is 0 Å². The van der Waals surface area contributed by atoms with Gasteiger partial charge in [0.05, 0.1) is 6.42 Å². The van der Waals surface area contributed by atoms with Crippen LogP contribution in [0.5, 0.6) is 0 Å². The minimum atomic E-state index is -4.78. The van der Waals surface area contributed by atoms with Gasteiger partial charge in [0.1, 0.15) is 6.67 Å². The third kappa shape index (κ3) is 2.27. The van der Waals surface area contributed by atoms with Crippen LogP contribution in [0.3, 0.4) is 0 Å². The van der Waals surface area contributed by atoms with Gasteiger partial charge in [0.15, 0.2) is 6.67 Å². The van der Waals surface area contributed by atoms with Gasteiger partial charge < -0.3 is 0 Å². The van der Waals surface area contributed by atoms with Gasteiger partial charge in [-0.3, -0.25) is 0 Å². The van der Waals surface area contributed by atoms with Gasteiger partial charge in [0.25, 0.3) is 0 Å². The van der Waals surface area contributed by atoms with Gasteiger partial charge in [-0.15, -0.1) is 0 Å². The van der Waals surface area contributed by atoms with Crippen molar-refractivity contribution in [3.05, 3.63) is 6.67 Å². The van der Waals surface area contributed by atoms with Crippen LogP contribution in [0.2, 0.25) is 0 Å². The van der Waals surface area contributed by atoms with Crippen LogP contribution in [0, 0.1) is 6.67 Å². The lowest BCUT2D eigenvalue weighted by Crippen LogP contribution is -2.42. The predicted octanol–water partition coefficient (Wildman–Crippen LogP) is 2.75. The number of hydrogen-bond donors (Lipinski definition) is 0. The van der Waals surface area contributed by atoms with E-state index in [0.29, 0.717) is 0 Å². The van der Waals surface area contributed by atoms with Crippen molar-refractivity contribution >= 4 is 0 Å². The third-order valence-electron chi connectivity index (χ3n) is 1.04. The lowest BCUT2D eigenvalue weighted by Gasteiger charge is -2.22. The molecule has 0 fully saturated rings. The predicted molar refractivity (Wildman–Crippen MR) is 25.9 cm³/mol. The molecule has 1 radical (unpaired) electrons. The second kappa shape index (κ2) is 3.32. The molecule has 0 bridgehead atoms. The van der Waals surface area contributed by atoms with Gasteiger partial charge in [-0.25, -0.2) is 8.78 Å². The van der Waals surface area contributed by atoms with E-state index < -0.39 is 31.6 Å². The lowest BCUT2D eigenvalue weighted by atomic mass is 10.1. The van der Waals surface area contributed by atoms with Crippen molar-refractivity contribution in [2.45, 2.75) is 18.3 Å². The summed E-state index contributed by atoms with van der Waals surface area (Å²) in [5.41, 5.74) is 0. The fraction of sp³-hybridized carbons (Fsp3) is 0.800. The summed E-state index contributed by atoms with van der Waals surface area (Å²) in [6.45, 7) is -3.11. The quantitative estimate of drug-likeness (QED) is 0.582. The fourth-order valence-electron chi connectivity index (χ4n) is 0.344. The van der Waals surface area contributed by atoms with Crippen LogP contribution in [0.1, 0.15) is 6.42 Å². The Kier molecular flexibility index (Phi) is 3.19. The Morgan fingerprint density at radius 3 is 1.73 bits per heavy atom. The van der Waals surface area contributed by atoms with E-state index in [-0.39, 0.29) is 0 Å². The van der Waals surface area contributed by atoms with E-state index in [4.69, 9.17) is 0 Å². The molecule has 0 heterocycles. The van der Waals surface area contributed by atoms with E-state index in [2.05, 4.69) is 0 Å². The maximum Gasteiger partial charge on any atom is 0.337 e. The molecule has 0 atom stereocenters. The van der Waals surface area contributed by atoms with Crippen LogP contribution in [0.4, 0.5) is 26.3 Å². The molecule has 0 aliphatic carbocycles. The molecule has 0 rings (SSSR count).